The van der Waals surface area contributed by atoms with E-state index in [9.17, 15) is 4.79 Å². The Balaban J connectivity index is 1.36. The SMILES string of the molecule is O=C(Cc1cccnc1)N1CCC(c2nccn2Cc2ccccc2)CC1. The van der Waals surface area contributed by atoms with Crippen molar-refractivity contribution in [1.82, 2.24) is 19.4 Å². The summed E-state index contributed by atoms with van der Waals surface area (Å²) in [4.78, 5) is 23.2. The number of hydrogen-bond acceptors (Lipinski definition) is 3. The minimum Gasteiger partial charge on any atom is -0.342 e. The van der Waals surface area contributed by atoms with Crippen molar-refractivity contribution in [3.63, 3.8) is 0 Å². The Morgan fingerprint density at radius 1 is 1.00 bits per heavy atom. The number of carbonyl (C=O) groups excluding carboxylic acids is 1. The summed E-state index contributed by atoms with van der Waals surface area (Å²) in [6.07, 6.45) is 9.80. The van der Waals surface area contributed by atoms with Crippen LogP contribution in [0.4, 0.5) is 0 Å². The van der Waals surface area contributed by atoms with Crippen molar-refractivity contribution in [1.29, 1.82) is 0 Å². The molecule has 5 heteroatoms. The predicted octanol–water partition coefficient (Wildman–Crippen LogP) is 3.28. The lowest BCUT2D eigenvalue weighted by Crippen LogP contribution is -2.39. The molecule has 1 amide bonds. The van der Waals surface area contributed by atoms with Crippen LogP contribution >= 0.6 is 0 Å². The first-order valence-corrected chi connectivity index (χ1v) is 9.51. The standard InChI is InChI=1S/C22H24N4O/c27-21(15-19-7-4-10-23-16-19)25-12-8-20(9-13-25)22-24-11-14-26(22)17-18-5-2-1-3-6-18/h1-7,10-11,14,16,20H,8-9,12-13,15,17H2. The average molecular weight is 360 g/mol. The van der Waals surface area contributed by atoms with E-state index in [1.807, 2.05) is 29.3 Å². The lowest BCUT2D eigenvalue weighted by Gasteiger charge is -2.32. The van der Waals surface area contributed by atoms with Crippen LogP contribution in [-0.4, -0.2) is 38.4 Å². The minimum atomic E-state index is 0.189. The first kappa shape index (κ1) is 17.5. The molecule has 5 nitrogen and oxygen atoms in total. The quantitative estimate of drug-likeness (QED) is 0.702. The molecular formula is C22H24N4O. The van der Waals surface area contributed by atoms with Crippen LogP contribution in [0.3, 0.4) is 0 Å². The summed E-state index contributed by atoms with van der Waals surface area (Å²) < 4.78 is 2.24. The topological polar surface area (TPSA) is 51.0 Å². The van der Waals surface area contributed by atoms with E-state index in [0.717, 1.165) is 43.9 Å². The van der Waals surface area contributed by atoms with E-state index in [-0.39, 0.29) is 5.91 Å². The number of carbonyl (C=O) groups is 1. The zero-order valence-corrected chi connectivity index (χ0v) is 15.4. The normalized spacial score (nSPS) is 15.0. The van der Waals surface area contributed by atoms with Crippen LogP contribution in [0.15, 0.2) is 67.3 Å². The first-order valence-electron chi connectivity index (χ1n) is 9.51. The molecule has 1 aromatic carbocycles. The fourth-order valence-electron chi connectivity index (χ4n) is 3.77. The Bertz CT molecular complexity index is 868. The van der Waals surface area contributed by atoms with Crippen LogP contribution in [-0.2, 0) is 17.8 Å². The molecule has 1 fully saturated rings. The van der Waals surface area contributed by atoms with Gasteiger partial charge in [-0.05, 0) is 30.0 Å². The number of aromatic nitrogens is 3. The van der Waals surface area contributed by atoms with Gasteiger partial charge in [0, 0.05) is 50.3 Å². The van der Waals surface area contributed by atoms with Crippen LogP contribution in [0.25, 0.3) is 0 Å². The minimum absolute atomic E-state index is 0.189. The summed E-state index contributed by atoms with van der Waals surface area (Å²) in [5, 5.41) is 0. The van der Waals surface area contributed by atoms with Gasteiger partial charge in [0.15, 0.2) is 0 Å². The smallest absolute Gasteiger partial charge is 0.227 e. The molecule has 2 aromatic heterocycles. The van der Waals surface area contributed by atoms with Crippen molar-refractivity contribution in [2.24, 2.45) is 0 Å². The molecule has 3 heterocycles. The molecule has 4 rings (SSSR count). The summed E-state index contributed by atoms with van der Waals surface area (Å²) in [5.41, 5.74) is 2.25. The van der Waals surface area contributed by atoms with Crippen LogP contribution in [0.1, 0.15) is 35.7 Å². The van der Waals surface area contributed by atoms with Gasteiger partial charge in [0.05, 0.1) is 6.42 Å². The molecule has 138 valence electrons. The van der Waals surface area contributed by atoms with Crippen molar-refractivity contribution < 1.29 is 4.79 Å². The third kappa shape index (κ3) is 4.25. The maximum atomic E-state index is 12.5. The molecule has 1 saturated heterocycles. The molecule has 0 unspecified atom stereocenters. The van der Waals surface area contributed by atoms with E-state index in [4.69, 9.17) is 0 Å². The summed E-state index contributed by atoms with van der Waals surface area (Å²) >= 11 is 0. The van der Waals surface area contributed by atoms with E-state index in [1.54, 1.807) is 12.4 Å². The van der Waals surface area contributed by atoms with Crippen LogP contribution in [0, 0.1) is 0 Å². The largest absolute Gasteiger partial charge is 0.342 e. The fourth-order valence-corrected chi connectivity index (χ4v) is 3.77. The molecule has 0 bridgehead atoms. The molecule has 0 aliphatic carbocycles. The maximum Gasteiger partial charge on any atom is 0.227 e. The van der Waals surface area contributed by atoms with Gasteiger partial charge in [-0.15, -0.1) is 0 Å². The van der Waals surface area contributed by atoms with E-state index < -0.39 is 0 Å². The van der Waals surface area contributed by atoms with Gasteiger partial charge in [-0.2, -0.15) is 0 Å². The molecule has 0 N–H and O–H groups in total. The zero-order chi connectivity index (χ0) is 18.5. The highest BCUT2D eigenvalue weighted by atomic mass is 16.2. The van der Waals surface area contributed by atoms with Crippen molar-refractivity contribution in [3.05, 3.63) is 84.2 Å². The third-order valence-corrected chi connectivity index (χ3v) is 5.23. The van der Waals surface area contributed by atoms with Crippen LogP contribution in [0.2, 0.25) is 0 Å². The van der Waals surface area contributed by atoms with Gasteiger partial charge in [0.25, 0.3) is 0 Å². The molecule has 0 atom stereocenters. The van der Waals surface area contributed by atoms with E-state index in [1.165, 1.54) is 5.56 Å². The number of amides is 1. The van der Waals surface area contributed by atoms with Gasteiger partial charge in [0.2, 0.25) is 5.91 Å². The Kier molecular flexibility index (Phi) is 5.28. The highest BCUT2D eigenvalue weighted by Crippen LogP contribution is 2.27. The number of piperidine rings is 1. The summed E-state index contributed by atoms with van der Waals surface area (Å²) in [6.45, 7) is 2.43. The molecular weight excluding hydrogens is 336 g/mol. The van der Waals surface area contributed by atoms with Gasteiger partial charge >= 0.3 is 0 Å². The number of hydrogen-bond donors (Lipinski definition) is 0. The van der Waals surface area contributed by atoms with E-state index in [0.29, 0.717) is 12.3 Å². The second kappa shape index (κ2) is 8.16. The van der Waals surface area contributed by atoms with Crippen molar-refractivity contribution in [2.45, 2.75) is 31.7 Å². The highest BCUT2D eigenvalue weighted by molar-refractivity contribution is 5.78. The van der Waals surface area contributed by atoms with Crippen molar-refractivity contribution in [2.75, 3.05) is 13.1 Å². The zero-order valence-electron chi connectivity index (χ0n) is 15.4. The number of rotatable bonds is 5. The Morgan fingerprint density at radius 2 is 1.78 bits per heavy atom. The second-order valence-electron chi connectivity index (χ2n) is 7.09. The Labute approximate surface area is 159 Å². The number of pyridine rings is 1. The first-order chi connectivity index (χ1) is 13.3. The molecule has 0 radical (unpaired) electrons. The van der Waals surface area contributed by atoms with Crippen molar-refractivity contribution >= 4 is 5.91 Å². The number of likely N-dealkylation sites (tertiary alicyclic amines) is 1. The summed E-state index contributed by atoms with van der Waals surface area (Å²) in [6, 6.07) is 14.3. The Hall–Kier alpha value is -2.95. The molecule has 1 aliphatic heterocycles. The monoisotopic (exact) mass is 360 g/mol. The maximum absolute atomic E-state index is 12.5. The summed E-state index contributed by atoms with van der Waals surface area (Å²) in [7, 11) is 0. The second-order valence-corrected chi connectivity index (χ2v) is 7.09. The third-order valence-electron chi connectivity index (χ3n) is 5.23. The molecule has 0 spiro atoms. The molecule has 27 heavy (non-hydrogen) atoms. The number of benzene rings is 1. The molecule has 0 saturated carbocycles. The van der Waals surface area contributed by atoms with Gasteiger partial charge in [0.1, 0.15) is 5.82 Å². The van der Waals surface area contributed by atoms with E-state index in [2.05, 4.69) is 45.0 Å². The molecule has 3 aromatic rings. The van der Waals surface area contributed by atoms with Gasteiger partial charge < -0.3 is 9.47 Å². The Morgan fingerprint density at radius 3 is 2.52 bits per heavy atom. The van der Waals surface area contributed by atoms with Gasteiger partial charge in [-0.3, -0.25) is 9.78 Å². The number of nitrogens with zero attached hydrogens (tertiary/aromatic N) is 4. The average Bonchev–Trinajstić information content (AvgIpc) is 3.18. The highest BCUT2D eigenvalue weighted by Gasteiger charge is 2.26. The van der Waals surface area contributed by atoms with Crippen molar-refractivity contribution in [3.8, 4) is 0 Å². The van der Waals surface area contributed by atoms with Crippen LogP contribution < -0.4 is 0 Å². The lowest BCUT2D eigenvalue weighted by molar-refractivity contribution is -0.131. The molecule has 1 aliphatic rings. The van der Waals surface area contributed by atoms with Gasteiger partial charge in [-0.25, -0.2) is 4.98 Å². The lowest BCUT2D eigenvalue weighted by atomic mass is 9.95. The van der Waals surface area contributed by atoms with E-state index >= 15 is 0 Å². The number of imidazole rings is 1. The summed E-state index contributed by atoms with van der Waals surface area (Å²) in [5.74, 6) is 1.73. The van der Waals surface area contributed by atoms with Crippen LogP contribution in [0.5, 0.6) is 0 Å². The fraction of sp³-hybridized carbons (Fsp3) is 0.318. The van der Waals surface area contributed by atoms with Gasteiger partial charge in [-0.1, -0.05) is 36.4 Å². The predicted molar refractivity (Wildman–Crippen MR) is 104 cm³/mol.